The van der Waals surface area contributed by atoms with Gasteiger partial charge in [0.05, 0.1) is 28.2 Å². The molecule has 10 heteroatoms. The summed E-state index contributed by atoms with van der Waals surface area (Å²) in [5, 5.41) is 6.85. The number of halogens is 4. The van der Waals surface area contributed by atoms with Crippen LogP contribution in [-0.4, -0.2) is 31.3 Å². The number of fused-ring (bicyclic) bond motifs is 2. The van der Waals surface area contributed by atoms with Crippen molar-refractivity contribution in [3.8, 4) is 16.9 Å². The van der Waals surface area contributed by atoms with Crippen molar-refractivity contribution in [2.45, 2.75) is 52.8 Å². The molecule has 40 heavy (non-hydrogen) atoms. The number of nitrogens with zero attached hydrogens (tertiary/aromatic N) is 5. The van der Waals surface area contributed by atoms with Crippen LogP contribution in [-0.2, 0) is 32.0 Å². The van der Waals surface area contributed by atoms with Crippen molar-refractivity contribution in [3.05, 3.63) is 87.5 Å². The molecular weight excluding hydrogens is 537 g/mol. The van der Waals surface area contributed by atoms with Gasteiger partial charge in [-0.05, 0) is 48.6 Å². The van der Waals surface area contributed by atoms with Gasteiger partial charge in [0.1, 0.15) is 0 Å². The molecular formula is C30H28ClF3N6. The van der Waals surface area contributed by atoms with Crippen LogP contribution in [0.15, 0.2) is 48.9 Å². The van der Waals surface area contributed by atoms with Crippen LogP contribution in [0.5, 0.6) is 0 Å². The zero-order valence-electron chi connectivity index (χ0n) is 22.4. The van der Waals surface area contributed by atoms with Gasteiger partial charge in [-0.15, -0.1) is 0 Å². The molecule has 0 unspecified atom stereocenters. The first-order chi connectivity index (χ1) is 19.2. The van der Waals surface area contributed by atoms with Gasteiger partial charge >= 0.3 is 6.18 Å². The number of aromatic nitrogens is 5. The third-order valence-electron chi connectivity index (χ3n) is 7.76. The third kappa shape index (κ3) is 4.33. The molecule has 4 heterocycles. The summed E-state index contributed by atoms with van der Waals surface area (Å²) >= 11 is 6.77. The van der Waals surface area contributed by atoms with Crippen LogP contribution in [0.4, 0.5) is 19.1 Å². The number of rotatable bonds is 5. The fourth-order valence-corrected chi connectivity index (χ4v) is 5.84. The molecule has 206 valence electrons. The second kappa shape index (κ2) is 9.96. The average molecular weight is 565 g/mol. The highest BCUT2D eigenvalue weighted by atomic mass is 35.5. The number of nitrogens with one attached hydrogen (secondary N) is 1. The normalized spacial score (nSPS) is 13.7. The largest absolute Gasteiger partial charge is 0.419 e. The van der Waals surface area contributed by atoms with Crippen molar-refractivity contribution in [3.63, 3.8) is 0 Å². The Hall–Kier alpha value is -3.85. The lowest BCUT2D eigenvalue weighted by Gasteiger charge is -2.27. The van der Waals surface area contributed by atoms with Crippen molar-refractivity contribution in [1.82, 2.24) is 24.7 Å². The topological polar surface area (TPSA) is 62.6 Å². The van der Waals surface area contributed by atoms with Gasteiger partial charge in [-0.2, -0.15) is 18.3 Å². The van der Waals surface area contributed by atoms with Gasteiger partial charge in [0.25, 0.3) is 0 Å². The minimum Gasteiger partial charge on any atom is -0.361 e. The van der Waals surface area contributed by atoms with E-state index in [1.54, 1.807) is 0 Å². The molecule has 1 aliphatic rings. The number of hydrogen-bond donors (Lipinski definition) is 1. The summed E-state index contributed by atoms with van der Waals surface area (Å²) in [6.07, 6.45) is 1.39. The first-order valence-electron chi connectivity index (χ1n) is 13.3. The smallest absolute Gasteiger partial charge is 0.361 e. The molecule has 1 N–H and O–H groups in total. The van der Waals surface area contributed by atoms with E-state index in [0.717, 1.165) is 69.9 Å². The molecule has 0 radical (unpaired) electrons. The Morgan fingerprint density at radius 1 is 1.05 bits per heavy atom. The number of para-hydroxylation sites is 1. The molecule has 6 nitrogen and oxygen atoms in total. The maximum atomic E-state index is 13.1. The fraction of sp³-hybridized carbons (Fsp3) is 0.300. The number of H-pyrrole nitrogens is 1. The Balaban J connectivity index is 1.57. The Labute approximate surface area is 234 Å². The molecule has 3 aromatic heterocycles. The van der Waals surface area contributed by atoms with Crippen LogP contribution >= 0.6 is 11.6 Å². The van der Waals surface area contributed by atoms with E-state index in [9.17, 15) is 13.2 Å². The maximum Gasteiger partial charge on any atom is 0.419 e. The first-order valence-corrected chi connectivity index (χ1v) is 13.7. The molecule has 0 fully saturated rings. The standard InChI is InChI=1S/C30H28ClF3N6/c1-4-18-7-6-8-19(5-2)27(18)40-28(22-13-24(31)17(3)26-21(22)9-11-35-26)23-16-39(12-10-25(23)38-40)29-36-14-20(15-37-29)30(32,33)34/h6-9,11,13-15,35H,4-5,10,12,16H2,1-3H3. The molecule has 1 aliphatic heterocycles. The molecule has 0 saturated carbocycles. The lowest BCUT2D eigenvalue weighted by molar-refractivity contribution is -0.138. The Morgan fingerprint density at radius 3 is 2.40 bits per heavy atom. The molecule has 0 bridgehead atoms. The highest BCUT2D eigenvalue weighted by molar-refractivity contribution is 6.33. The highest BCUT2D eigenvalue weighted by Crippen LogP contribution is 2.41. The monoisotopic (exact) mass is 564 g/mol. The van der Waals surface area contributed by atoms with Gasteiger partial charge in [0, 0.05) is 59.6 Å². The summed E-state index contributed by atoms with van der Waals surface area (Å²) < 4.78 is 41.5. The van der Waals surface area contributed by atoms with E-state index in [1.165, 1.54) is 11.1 Å². The number of aryl methyl sites for hydroxylation is 3. The van der Waals surface area contributed by atoms with Crippen molar-refractivity contribution in [1.29, 1.82) is 0 Å². The van der Waals surface area contributed by atoms with Crippen LogP contribution in [0.1, 0.15) is 47.4 Å². The summed E-state index contributed by atoms with van der Waals surface area (Å²) in [7, 11) is 0. The van der Waals surface area contributed by atoms with Crippen LogP contribution in [0, 0.1) is 6.92 Å². The average Bonchev–Trinajstić information content (AvgIpc) is 3.59. The Bertz CT molecular complexity index is 1700. The van der Waals surface area contributed by atoms with Crippen molar-refractivity contribution in [2.75, 3.05) is 11.4 Å². The van der Waals surface area contributed by atoms with Crippen molar-refractivity contribution in [2.24, 2.45) is 0 Å². The van der Waals surface area contributed by atoms with E-state index >= 15 is 0 Å². The van der Waals surface area contributed by atoms with E-state index in [4.69, 9.17) is 16.7 Å². The van der Waals surface area contributed by atoms with Gasteiger partial charge in [0.15, 0.2) is 0 Å². The molecule has 0 amide bonds. The molecule has 5 aromatic rings. The molecule has 2 aromatic carbocycles. The molecule has 6 rings (SSSR count). The number of hydrogen-bond acceptors (Lipinski definition) is 4. The zero-order chi connectivity index (χ0) is 28.2. The second-order valence-electron chi connectivity index (χ2n) is 10.1. The predicted octanol–water partition coefficient (Wildman–Crippen LogP) is 7.48. The van der Waals surface area contributed by atoms with Crippen LogP contribution < -0.4 is 4.90 Å². The van der Waals surface area contributed by atoms with Crippen LogP contribution in [0.25, 0.3) is 27.8 Å². The summed E-state index contributed by atoms with van der Waals surface area (Å²) in [4.78, 5) is 13.4. The Kier molecular flexibility index (Phi) is 6.57. The second-order valence-corrected chi connectivity index (χ2v) is 10.5. The number of alkyl halides is 3. The number of aromatic amines is 1. The van der Waals surface area contributed by atoms with E-state index in [0.29, 0.717) is 24.5 Å². The zero-order valence-corrected chi connectivity index (χ0v) is 23.2. The van der Waals surface area contributed by atoms with Crippen LogP contribution in [0.2, 0.25) is 5.02 Å². The number of anilines is 1. The predicted molar refractivity (Wildman–Crippen MR) is 151 cm³/mol. The quantitative estimate of drug-likeness (QED) is 0.240. The lowest BCUT2D eigenvalue weighted by Crippen LogP contribution is -2.31. The molecule has 0 spiro atoms. The fourth-order valence-electron chi connectivity index (χ4n) is 5.63. The Morgan fingerprint density at radius 2 is 1.75 bits per heavy atom. The van der Waals surface area contributed by atoms with E-state index in [-0.39, 0.29) is 5.95 Å². The number of benzene rings is 2. The van der Waals surface area contributed by atoms with Crippen molar-refractivity contribution < 1.29 is 13.2 Å². The van der Waals surface area contributed by atoms with E-state index < -0.39 is 11.7 Å². The van der Waals surface area contributed by atoms with Gasteiger partial charge in [-0.25, -0.2) is 14.6 Å². The maximum absolute atomic E-state index is 13.1. The minimum absolute atomic E-state index is 0.259. The minimum atomic E-state index is -4.49. The van der Waals surface area contributed by atoms with E-state index in [2.05, 4.69) is 51.7 Å². The summed E-state index contributed by atoms with van der Waals surface area (Å²) in [5.74, 6) is 0.259. The summed E-state index contributed by atoms with van der Waals surface area (Å²) in [5.41, 5.74) is 8.31. The molecule has 0 aliphatic carbocycles. The lowest BCUT2D eigenvalue weighted by atomic mass is 9.96. The van der Waals surface area contributed by atoms with E-state index in [1.807, 2.05) is 30.2 Å². The van der Waals surface area contributed by atoms with Gasteiger partial charge < -0.3 is 9.88 Å². The SMILES string of the molecule is CCc1cccc(CC)c1-n1nc2c(c1-c1cc(Cl)c(C)c3[nH]ccc13)CN(c1ncc(C(F)(F)F)cn1)CC2. The summed E-state index contributed by atoms with van der Waals surface area (Å²) in [6.45, 7) is 7.21. The third-order valence-corrected chi connectivity index (χ3v) is 8.15. The molecule has 0 atom stereocenters. The van der Waals surface area contributed by atoms with Crippen LogP contribution in [0.3, 0.4) is 0 Å². The molecule has 0 saturated heterocycles. The van der Waals surface area contributed by atoms with Gasteiger partial charge in [-0.3, -0.25) is 0 Å². The summed E-state index contributed by atoms with van der Waals surface area (Å²) in [6, 6.07) is 10.4. The highest BCUT2D eigenvalue weighted by Gasteiger charge is 2.33. The van der Waals surface area contributed by atoms with Crippen molar-refractivity contribution >= 4 is 28.5 Å². The van der Waals surface area contributed by atoms with Gasteiger partial charge in [0.2, 0.25) is 5.95 Å². The first kappa shape index (κ1) is 26.4. The van der Waals surface area contributed by atoms with Gasteiger partial charge in [-0.1, -0.05) is 43.6 Å².